The van der Waals surface area contributed by atoms with E-state index < -0.39 is 6.10 Å². The molecule has 1 aromatic rings. The number of aliphatic hydroxyl groups is 1. The van der Waals surface area contributed by atoms with Crippen molar-refractivity contribution >= 4 is 0 Å². The summed E-state index contributed by atoms with van der Waals surface area (Å²) in [7, 11) is 1.80. The molecule has 23 heavy (non-hydrogen) atoms. The third kappa shape index (κ3) is 4.11. The highest BCUT2D eigenvalue weighted by Gasteiger charge is 2.33. The van der Waals surface area contributed by atoms with Crippen LogP contribution in [0.2, 0.25) is 0 Å². The Morgan fingerprint density at radius 3 is 2.61 bits per heavy atom. The molecule has 1 aliphatic carbocycles. The standard InChI is InChI=1S/C19H28FNO2/c1-23-15-9-6-13(7-10-15)12-14-8-11-18(21-14)19(22)16-4-2-3-5-17(16)20/h2-5,13-15,18-19,21-22H,6-12H2,1H3/t13-,14-,15-,18+,19+/m0/s1. The van der Waals surface area contributed by atoms with Gasteiger partial charge in [-0.2, -0.15) is 0 Å². The van der Waals surface area contributed by atoms with Crippen molar-refractivity contribution in [2.24, 2.45) is 5.92 Å². The van der Waals surface area contributed by atoms with Crippen molar-refractivity contribution in [2.75, 3.05) is 7.11 Å². The van der Waals surface area contributed by atoms with E-state index in [1.807, 2.05) is 0 Å². The summed E-state index contributed by atoms with van der Waals surface area (Å²) in [6, 6.07) is 6.95. The number of hydrogen-bond donors (Lipinski definition) is 2. The molecule has 2 aliphatic rings. The number of methoxy groups -OCH3 is 1. The van der Waals surface area contributed by atoms with Crippen molar-refractivity contribution in [3.8, 4) is 0 Å². The zero-order valence-corrected chi connectivity index (χ0v) is 13.9. The van der Waals surface area contributed by atoms with Crippen molar-refractivity contribution < 1.29 is 14.2 Å². The van der Waals surface area contributed by atoms with E-state index in [2.05, 4.69) is 5.32 Å². The molecule has 1 aromatic carbocycles. The lowest BCUT2D eigenvalue weighted by molar-refractivity contribution is 0.0538. The van der Waals surface area contributed by atoms with Gasteiger partial charge in [-0.1, -0.05) is 18.2 Å². The van der Waals surface area contributed by atoms with Gasteiger partial charge in [0.2, 0.25) is 0 Å². The van der Waals surface area contributed by atoms with E-state index >= 15 is 0 Å². The molecule has 0 radical (unpaired) electrons. The summed E-state index contributed by atoms with van der Waals surface area (Å²) < 4.78 is 19.3. The van der Waals surface area contributed by atoms with E-state index in [4.69, 9.17) is 4.74 Å². The molecule has 3 rings (SSSR count). The Labute approximate surface area is 138 Å². The predicted octanol–water partition coefficient (Wildman–Crippen LogP) is 3.58. The molecule has 3 nitrogen and oxygen atoms in total. The number of ether oxygens (including phenoxy) is 1. The fraction of sp³-hybridized carbons (Fsp3) is 0.684. The Hall–Kier alpha value is -0.970. The SMILES string of the molecule is CO[C@H]1CC[C@H](C[C@@H]2CC[C@H]([C@H](O)c3ccccc3F)N2)CC1. The topological polar surface area (TPSA) is 41.5 Å². The van der Waals surface area contributed by atoms with Gasteiger partial charge in [-0.3, -0.25) is 0 Å². The number of rotatable bonds is 5. The number of halogens is 1. The first-order valence-electron chi connectivity index (χ1n) is 8.88. The highest BCUT2D eigenvalue weighted by Crippen LogP contribution is 2.33. The monoisotopic (exact) mass is 321 g/mol. The predicted molar refractivity (Wildman–Crippen MR) is 88.7 cm³/mol. The Morgan fingerprint density at radius 2 is 1.91 bits per heavy atom. The van der Waals surface area contributed by atoms with Crippen LogP contribution in [0.5, 0.6) is 0 Å². The number of hydrogen-bond acceptors (Lipinski definition) is 3. The molecule has 0 amide bonds. The Morgan fingerprint density at radius 1 is 1.17 bits per heavy atom. The molecule has 128 valence electrons. The summed E-state index contributed by atoms with van der Waals surface area (Å²) in [5.41, 5.74) is 0.409. The van der Waals surface area contributed by atoms with Crippen molar-refractivity contribution in [3.05, 3.63) is 35.6 Å². The normalized spacial score (nSPS) is 32.8. The fourth-order valence-electron chi connectivity index (χ4n) is 4.22. The van der Waals surface area contributed by atoms with Gasteiger partial charge < -0.3 is 15.2 Å². The van der Waals surface area contributed by atoms with Gasteiger partial charge in [0, 0.05) is 24.8 Å². The van der Waals surface area contributed by atoms with Gasteiger partial charge in [-0.25, -0.2) is 4.39 Å². The average molecular weight is 321 g/mol. The Bertz CT molecular complexity index is 502. The molecule has 1 saturated carbocycles. The third-order valence-corrected chi connectivity index (χ3v) is 5.63. The molecule has 2 fully saturated rings. The highest BCUT2D eigenvalue weighted by atomic mass is 19.1. The molecule has 2 N–H and O–H groups in total. The summed E-state index contributed by atoms with van der Waals surface area (Å²) in [6.07, 6.45) is 7.62. The smallest absolute Gasteiger partial charge is 0.129 e. The van der Waals surface area contributed by atoms with Crippen LogP contribution in [0.3, 0.4) is 0 Å². The zero-order chi connectivity index (χ0) is 16.2. The van der Waals surface area contributed by atoms with Crippen LogP contribution < -0.4 is 5.32 Å². The second kappa shape index (κ2) is 7.73. The van der Waals surface area contributed by atoms with Gasteiger partial charge in [0.1, 0.15) is 5.82 Å². The lowest BCUT2D eigenvalue weighted by atomic mass is 9.83. The maximum Gasteiger partial charge on any atom is 0.129 e. The van der Waals surface area contributed by atoms with Gasteiger partial charge in [-0.05, 0) is 56.9 Å². The summed E-state index contributed by atoms with van der Waals surface area (Å²) in [5, 5.41) is 14.0. The van der Waals surface area contributed by atoms with Crippen molar-refractivity contribution in [3.63, 3.8) is 0 Å². The minimum Gasteiger partial charge on any atom is -0.387 e. The molecular formula is C19H28FNO2. The van der Waals surface area contributed by atoms with Crippen LogP contribution in [0.25, 0.3) is 0 Å². The minimum absolute atomic E-state index is 0.0350. The molecule has 0 unspecified atom stereocenters. The van der Waals surface area contributed by atoms with Gasteiger partial charge >= 0.3 is 0 Å². The molecule has 4 heteroatoms. The van der Waals surface area contributed by atoms with Crippen molar-refractivity contribution in [1.29, 1.82) is 0 Å². The van der Waals surface area contributed by atoms with E-state index in [1.165, 1.54) is 18.9 Å². The van der Waals surface area contributed by atoms with Gasteiger partial charge in [0.15, 0.2) is 0 Å². The lowest BCUT2D eigenvalue weighted by Gasteiger charge is -2.29. The largest absolute Gasteiger partial charge is 0.387 e. The first-order valence-corrected chi connectivity index (χ1v) is 8.88. The van der Waals surface area contributed by atoms with Crippen LogP contribution in [0.1, 0.15) is 56.6 Å². The Balaban J connectivity index is 1.50. The molecular weight excluding hydrogens is 293 g/mol. The zero-order valence-electron chi connectivity index (χ0n) is 13.9. The summed E-state index contributed by atoms with van der Waals surface area (Å²) in [6.45, 7) is 0. The van der Waals surface area contributed by atoms with Crippen molar-refractivity contribution in [2.45, 2.75) is 69.2 Å². The molecule has 1 saturated heterocycles. The molecule has 0 bridgehead atoms. The second-order valence-corrected chi connectivity index (χ2v) is 7.13. The molecule has 1 aliphatic heterocycles. The molecule has 1 heterocycles. The Kier molecular flexibility index (Phi) is 5.67. The number of nitrogens with one attached hydrogen (secondary N) is 1. The van der Waals surface area contributed by atoms with E-state index in [1.54, 1.807) is 25.3 Å². The van der Waals surface area contributed by atoms with Crippen LogP contribution in [0.4, 0.5) is 4.39 Å². The third-order valence-electron chi connectivity index (χ3n) is 5.63. The van der Waals surface area contributed by atoms with E-state index in [9.17, 15) is 9.50 Å². The van der Waals surface area contributed by atoms with Gasteiger partial charge in [-0.15, -0.1) is 0 Å². The van der Waals surface area contributed by atoms with E-state index in [0.717, 1.165) is 38.0 Å². The summed E-state index contributed by atoms with van der Waals surface area (Å²) in [4.78, 5) is 0. The van der Waals surface area contributed by atoms with E-state index in [-0.39, 0.29) is 11.9 Å². The first-order chi connectivity index (χ1) is 11.2. The van der Waals surface area contributed by atoms with Crippen LogP contribution in [-0.4, -0.2) is 30.4 Å². The lowest BCUT2D eigenvalue weighted by Crippen LogP contribution is -2.36. The van der Waals surface area contributed by atoms with Gasteiger partial charge in [0.25, 0.3) is 0 Å². The quantitative estimate of drug-likeness (QED) is 0.871. The maximum atomic E-state index is 13.8. The van der Waals surface area contributed by atoms with Crippen LogP contribution >= 0.6 is 0 Å². The first kappa shape index (κ1) is 16.9. The van der Waals surface area contributed by atoms with E-state index in [0.29, 0.717) is 17.7 Å². The van der Waals surface area contributed by atoms with Crippen LogP contribution in [0.15, 0.2) is 24.3 Å². The maximum absolute atomic E-state index is 13.8. The second-order valence-electron chi connectivity index (χ2n) is 7.13. The molecule has 0 spiro atoms. The minimum atomic E-state index is -0.759. The van der Waals surface area contributed by atoms with Crippen LogP contribution in [-0.2, 0) is 4.74 Å². The highest BCUT2D eigenvalue weighted by molar-refractivity contribution is 5.21. The molecule has 0 aromatic heterocycles. The average Bonchev–Trinajstić information content (AvgIpc) is 3.04. The number of benzene rings is 1. The molecule has 3 atom stereocenters. The summed E-state index contributed by atoms with van der Waals surface area (Å²) >= 11 is 0. The van der Waals surface area contributed by atoms with Crippen LogP contribution in [0, 0.1) is 11.7 Å². The number of aliphatic hydroxyl groups excluding tert-OH is 1. The summed E-state index contributed by atoms with van der Waals surface area (Å²) in [5.74, 6) is 0.436. The fourth-order valence-corrected chi connectivity index (χ4v) is 4.22. The van der Waals surface area contributed by atoms with Gasteiger partial charge in [0.05, 0.1) is 12.2 Å². The van der Waals surface area contributed by atoms with Crippen molar-refractivity contribution in [1.82, 2.24) is 5.32 Å².